The van der Waals surface area contributed by atoms with Gasteiger partial charge in [-0.15, -0.1) is 0 Å². The van der Waals surface area contributed by atoms with Gasteiger partial charge in [0.1, 0.15) is 11.2 Å². The van der Waals surface area contributed by atoms with E-state index < -0.39 is 0 Å². The third-order valence-electron chi connectivity index (χ3n) is 12.6. The second kappa shape index (κ2) is 14.5. The molecule has 4 heterocycles. The average molecular weight is 817 g/mol. The van der Waals surface area contributed by atoms with Crippen LogP contribution in [0.5, 0.6) is 0 Å². The zero-order valence-corrected chi connectivity index (χ0v) is 34.5. The fourth-order valence-corrected chi connectivity index (χ4v) is 9.64. The van der Waals surface area contributed by atoms with E-state index in [9.17, 15) is 0 Å². The van der Waals surface area contributed by atoms with E-state index >= 15 is 0 Å². The maximum absolute atomic E-state index is 6.83. The van der Waals surface area contributed by atoms with Gasteiger partial charge in [-0.3, -0.25) is 0 Å². The number of aromatic nitrogens is 4. The van der Waals surface area contributed by atoms with Crippen LogP contribution in [-0.2, 0) is 0 Å². The summed E-state index contributed by atoms with van der Waals surface area (Å²) in [5.74, 6) is 0.677. The molecular formula is C59H36N4O. The molecule has 0 spiro atoms. The lowest BCUT2D eigenvalue weighted by atomic mass is 9.95. The largest absolute Gasteiger partial charge is 0.455 e. The van der Waals surface area contributed by atoms with Crippen LogP contribution in [0.1, 0.15) is 0 Å². The molecule has 0 saturated heterocycles. The average Bonchev–Trinajstić information content (AvgIpc) is 3.93. The lowest BCUT2D eigenvalue weighted by Gasteiger charge is -2.11. The van der Waals surface area contributed by atoms with Gasteiger partial charge >= 0.3 is 0 Å². The van der Waals surface area contributed by atoms with E-state index in [1.807, 2.05) is 12.1 Å². The van der Waals surface area contributed by atoms with E-state index in [0.717, 1.165) is 116 Å². The maximum atomic E-state index is 6.83. The molecule has 298 valence electrons. The van der Waals surface area contributed by atoms with Crippen molar-refractivity contribution in [3.63, 3.8) is 0 Å². The summed E-state index contributed by atoms with van der Waals surface area (Å²) in [5, 5.41) is 7.90. The molecule has 0 aliphatic heterocycles. The number of nitrogens with zero attached hydrogens (tertiary/aromatic N) is 4. The summed E-state index contributed by atoms with van der Waals surface area (Å²) in [6.07, 6.45) is 0. The Labute approximate surface area is 368 Å². The van der Waals surface area contributed by atoms with E-state index in [1.54, 1.807) is 0 Å². The first kappa shape index (κ1) is 36.0. The van der Waals surface area contributed by atoms with Gasteiger partial charge in [-0.25, -0.2) is 15.0 Å². The number of rotatable bonds is 6. The Morgan fingerprint density at radius 3 is 1.75 bits per heavy atom. The van der Waals surface area contributed by atoms with E-state index in [2.05, 4.69) is 211 Å². The number of hydrogen-bond acceptors (Lipinski definition) is 4. The minimum Gasteiger partial charge on any atom is -0.455 e. The number of benzene rings is 9. The molecule has 0 atom stereocenters. The summed E-state index contributed by atoms with van der Waals surface area (Å²) < 4.78 is 9.16. The first-order chi connectivity index (χ1) is 31.7. The molecular weight excluding hydrogens is 781 g/mol. The molecule has 0 saturated carbocycles. The van der Waals surface area contributed by atoms with Crippen LogP contribution in [0.4, 0.5) is 0 Å². The molecule has 0 unspecified atom stereocenters. The molecule has 13 rings (SSSR count). The topological polar surface area (TPSA) is 56.7 Å². The molecule has 13 aromatic rings. The fraction of sp³-hybridized carbons (Fsp3) is 0. The van der Waals surface area contributed by atoms with Gasteiger partial charge in [0.25, 0.3) is 0 Å². The first-order valence-corrected chi connectivity index (χ1v) is 21.6. The SMILES string of the molecule is c1ccc(-c2cc(-c3ccc(-c4cccc5c4oc4ccc6c(-c7ccccc7)nc7ccccc7c6c45)cc3)nc(-c3ccc4c(c3)c3ccccc3n4-c3ccccc3)n2)cc1. The molecule has 0 aliphatic rings. The molecule has 0 aliphatic carbocycles. The third kappa shape index (κ3) is 5.75. The van der Waals surface area contributed by atoms with E-state index in [4.69, 9.17) is 19.4 Å². The first-order valence-electron chi connectivity index (χ1n) is 21.6. The molecule has 0 radical (unpaired) electrons. The van der Waals surface area contributed by atoms with Crippen LogP contribution in [0.15, 0.2) is 223 Å². The van der Waals surface area contributed by atoms with Gasteiger partial charge in [-0.05, 0) is 66.2 Å². The van der Waals surface area contributed by atoms with Crippen LogP contribution < -0.4 is 0 Å². The molecule has 5 nitrogen and oxygen atoms in total. The van der Waals surface area contributed by atoms with E-state index in [-0.39, 0.29) is 0 Å². The summed E-state index contributed by atoms with van der Waals surface area (Å²) in [7, 11) is 0. The summed E-state index contributed by atoms with van der Waals surface area (Å²) in [6, 6.07) is 76.5. The van der Waals surface area contributed by atoms with E-state index in [1.165, 1.54) is 5.39 Å². The minimum absolute atomic E-state index is 0.677. The van der Waals surface area contributed by atoms with Crippen LogP contribution in [0.2, 0.25) is 0 Å². The number of furan rings is 1. The summed E-state index contributed by atoms with van der Waals surface area (Å²) >= 11 is 0. The monoisotopic (exact) mass is 816 g/mol. The maximum Gasteiger partial charge on any atom is 0.160 e. The quantitative estimate of drug-likeness (QED) is 0.157. The normalized spacial score (nSPS) is 11.8. The molecule has 0 N–H and O–H groups in total. The summed E-state index contributed by atoms with van der Waals surface area (Å²) in [6.45, 7) is 0. The summed E-state index contributed by atoms with van der Waals surface area (Å²) in [5.41, 5.74) is 15.0. The molecule has 4 aromatic heterocycles. The van der Waals surface area contributed by atoms with Crippen molar-refractivity contribution in [1.29, 1.82) is 0 Å². The van der Waals surface area contributed by atoms with Crippen molar-refractivity contribution in [1.82, 2.24) is 19.5 Å². The fourth-order valence-electron chi connectivity index (χ4n) is 9.64. The molecule has 5 heteroatoms. The number of hydrogen-bond donors (Lipinski definition) is 0. The van der Waals surface area contributed by atoms with Gasteiger partial charge < -0.3 is 8.98 Å². The zero-order valence-electron chi connectivity index (χ0n) is 34.5. The van der Waals surface area contributed by atoms with Gasteiger partial charge in [-0.1, -0.05) is 158 Å². The van der Waals surface area contributed by atoms with Crippen LogP contribution >= 0.6 is 0 Å². The summed E-state index contributed by atoms with van der Waals surface area (Å²) in [4.78, 5) is 15.7. The van der Waals surface area contributed by atoms with Crippen LogP contribution in [0.3, 0.4) is 0 Å². The Balaban J connectivity index is 0.939. The second-order valence-electron chi connectivity index (χ2n) is 16.3. The molecule has 64 heavy (non-hydrogen) atoms. The van der Waals surface area contributed by atoms with Gasteiger partial charge in [-0.2, -0.15) is 0 Å². The standard InChI is InChI=1S/C59H36N4O/c1-4-15-38(16-5-1)50-36-51(62-59(61-50)41-31-33-53-48(35-41)44-21-11-13-26-52(44)63(53)42-19-8-3-9-20-42)39-29-27-37(28-30-39)43-23-14-24-47-56-54(64-58(43)47)34-32-46-55(56)45-22-10-12-25-49(45)60-57(46)40-17-6-2-7-18-40/h1-36H. The Morgan fingerprint density at radius 1 is 0.359 bits per heavy atom. The highest BCUT2D eigenvalue weighted by Crippen LogP contribution is 2.44. The Hall–Kier alpha value is -8.67. The van der Waals surface area contributed by atoms with Gasteiger partial charge in [0.2, 0.25) is 0 Å². The van der Waals surface area contributed by atoms with Crippen molar-refractivity contribution in [2.24, 2.45) is 0 Å². The van der Waals surface area contributed by atoms with Crippen molar-refractivity contribution in [2.75, 3.05) is 0 Å². The molecule has 0 fully saturated rings. The van der Waals surface area contributed by atoms with Crippen molar-refractivity contribution in [2.45, 2.75) is 0 Å². The number of pyridine rings is 1. The van der Waals surface area contributed by atoms with Crippen molar-refractivity contribution in [3.8, 4) is 62.0 Å². The van der Waals surface area contributed by atoms with Crippen LogP contribution in [0.25, 0.3) is 127 Å². The molecule has 0 amide bonds. The van der Waals surface area contributed by atoms with Crippen molar-refractivity contribution >= 4 is 65.4 Å². The van der Waals surface area contributed by atoms with Crippen LogP contribution in [0, 0.1) is 0 Å². The highest BCUT2D eigenvalue weighted by Gasteiger charge is 2.20. The van der Waals surface area contributed by atoms with Crippen molar-refractivity contribution in [3.05, 3.63) is 218 Å². The van der Waals surface area contributed by atoms with Crippen molar-refractivity contribution < 1.29 is 4.42 Å². The number of fused-ring (bicyclic) bond motifs is 10. The predicted molar refractivity (Wildman–Crippen MR) is 264 cm³/mol. The van der Waals surface area contributed by atoms with Gasteiger partial charge in [0.15, 0.2) is 5.82 Å². The highest BCUT2D eigenvalue weighted by atomic mass is 16.3. The predicted octanol–water partition coefficient (Wildman–Crippen LogP) is 15.5. The smallest absolute Gasteiger partial charge is 0.160 e. The molecule has 0 bridgehead atoms. The Bertz CT molecular complexity index is 3930. The minimum atomic E-state index is 0.677. The third-order valence-corrected chi connectivity index (χ3v) is 12.6. The Kier molecular flexibility index (Phi) is 8.15. The van der Waals surface area contributed by atoms with Gasteiger partial charge in [0, 0.05) is 71.2 Å². The molecule has 9 aromatic carbocycles. The van der Waals surface area contributed by atoms with Gasteiger partial charge in [0.05, 0.1) is 33.6 Å². The lowest BCUT2D eigenvalue weighted by molar-refractivity contribution is 0.670. The van der Waals surface area contributed by atoms with Crippen LogP contribution in [-0.4, -0.2) is 19.5 Å². The lowest BCUT2D eigenvalue weighted by Crippen LogP contribution is -1.96. The highest BCUT2D eigenvalue weighted by molar-refractivity contribution is 6.29. The number of para-hydroxylation sites is 4. The second-order valence-corrected chi connectivity index (χ2v) is 16.3. The zero-order chi connectivity index (χ0) is 42.1. The Morgan fingerprint density at radius 2 is 0.969 bits per heavy atom. The van der Waals surface area contributed by atoms with E-state index in [0.29, 0.717) is 5.82 Å².